The molecule has 1 atom stereocenters. The quantitative estimate of drug-likeness (QED) is 0.482. The Morgan fingerprint density at radius 3 is 2.54 bits per heavy atom. The van der Waals surface area contributed by atoms with Gasteiger partial charge < -0.3 is 20.0 Å². The lowest BCUT2D eigenvalue weighted by molar-refractivity contribution is -0.157. The fourth-order valence-corrected chi connectivity index (χ4v) is 5.34. The SMILES string of the molecule is O=C(CC1C(=O)N(Cc2ccccc2)CC(=O)N1CCc1cccs1)NCCCN1CCCC1=O. The smallest absolute Gasteiger partial charge is 0.246 e. The van der Waals surface area contributed by atoms with Crippen LogP contribution in [0.2, 0.25) is 0 Å². The van der Waals surface area contributed by atoms with E-state index in [0.29, 0.717) is 45.4 Å². The van der Waals surface area contributed by atoms with Gasteiger partial charge in [-0.15, -0.1) is 11.3 Å². The zero-order valence-corrected chi connectivity index (χ0v) is 20.7. The lowest BCUT2D eigenvalue weighted by Gasteiger charge is -2.40. The van der Waals surface area contributed by atoms with Crippen LogP contribution in [0.3, 0.4) is 0 Å². The van der Waals surface area contributed by atoms with Gasteiger partial charge in [0, 0.05) is 44.0 Å². The van der Waals surface area contributed by atoms with E-state index < -0.39 is 6.04 Å². The molecule has 9 heteroatoms. The third kappa shape index (κ3) is 6.69. The number of benzene rings is 1. The zero-order chi connectivity index (χ0) is 24.6. The van der Waals surface area contributed by atoms with Crippen LogP contribution in [0.5, 0.6) is 0 Å². The third-order valence-electron chi connectivity index (χ3n) is 6.49. The Morgan fingerprint density at radius 1 is 1.00 bits per heavy atom. The van der Waals surface area contributed by atoms with Gasteiger partial charge in [-0.3, -0.25) is 19.2 Å². The Bertz CT molecular complexity index is 1030. The first-order valence-electron chi connectivity index (χ1n) is 12.2. The van der Waals surface area contributed by atoms with E-state index >= 15 is 0 Å². The summed E-state index contributed by atoms with van der Waals surface area (Å²) in [5.74, 6) is -0.422. The monoisotopic (exact) mass is 496 g/mol. The van der Waals surface area contributed by atoms with E-state index in [-0.39, 0.29) is 36.6 Å². The molecule has 0 spiro atoms. The van der Waals surface area contributed by atoms with Gasteiger partial charge in [0.2, 0.25) is 23.6 Å². The van der Waals surface area contributed by atoms with E-state index in [1.54, 1.807) is 21.1 Å². The van der Waals surface area contributed by atoms with Crippen LogP contribution >= 0.6 is 11.3 Å². The minimum Gasteiger partial charge on any atom is -0.356 e. The first-order valence-corrected chi connectivity index (χ1v) is 13.1. The van der Waals surface area contributed by atoms with E-state index in [9.17, 15) is 19.2 Å². The molecule has 2 aliphatic heterocycles. The number of nitrogens with one attached hydrogen (secondary N) is 1. The van der Waals surface area contributed by atoms with Crippen molar-refractivity contribution in [1.29, 1.82) is 0 Å². The molecule has 2 aromatic rings. The minimum atomic E-state index is -0.819. The number of piperazine rings is 1. The summed E-state index contributed by atoms with van der Waals surface area (Å²) in [5.41, 5.74) is 0.945. The summed E-state index contributed by atoms with van der Waals surface area (Å²) in [4.78, 5) is 57.1. The molecule has 1 N–H and O–H groups in total. The largest absolute Gasteiger partial charge is 0.356 e. The Kier molecular flexibility index (Phi) is 8.52. The van der Waals surface area contributed by atoms with Crippen LogP contribution in [-0.4, -0.2) is 77.1 Å². The van der Waals surface area contributed by atoms with Gasteiger partial charge in [0.15, 0.2) is 0 Å². The molecule has 0 saturated carbocycles. The van der Waals surface area contributed by atoms with Crippen molar-refractivity contribution in [2.45, 2.75) is 44.7 Å². The molecule has 2 fully saturated rings. The van der Waals surface area contributed by atoms with Gasteiger partial charge in [0.1, 0.15) is 12.6 Å². The molecular formula is C26H32N4O4S. The van der Waals surface area contributed by atoms with E-state index in [1.165, 1.54) is 0 Å². The molecule has 186 valence electrons. The maximum Gasteiger partial charge on any atom is 0.246 e. The number of hydrogen-bond acceptors (Lipinski definition) is 5. The number of thiophene rings is 1. The normalized spacial score (nSPS) is 18.5. The van der Waals surface area contributed by atoms with Gasteiger partial charge >= 0.3 is 0 Å². The molecule has 0 aliphatic carbocycles. The summed E-state index contributed by atoms with van der Waals surface area (Å²) >= 11 is 1.61. The highest BCUT2D eigenvalue weighted by Crippen LogP contribution is 2.20. The summed E-state index contributed by atoms with van der Waals surface area (Å²) in [5, 5.41) is 4.86. The first kappa shape index (κ1) is 24.9. The van der Waals surface area contributed by atoms with Gasteiger partial charge in [0.25, 0.3) is 0 Å². The molecule has 2 aliphatic rings. The standard InChI is InChI=1S/C26H32N4O4S/c31-23(27-12-6-14-28-13-4-10-24(28)32)17-22-26(34)29(18-20-7-2-1-3-8-20)19-25(33)30(22)15-11-21-9-5-16-35-21/h1-3,5,7-9,16,22H,4,6,10-15,17-19H2,(H,27,31). The van der Waals surface area contributed by atoms with Crippen LogP contribution in [0.15, 0.2) is 47.8 Å². The second-order valence-electron chi connectivity index (χ2n) is 9.00. The molecule has 1 aromatic heterocycles. The summed E-state index contributed by atoms with van der Waals surface area (Å²) in [6.45, 7) is 2.59. The van der Waals surface area contributed by atoms with Gasteiger partial charge in [-0.05, 0) is 36.3 Å². The Labute approximate surface area is 209 Å². The average Bonchev–Trinajstić information content (AvgIpc) is 3.52. The second kappa shape index (κ2) is 12.0. The highest BCUT2D eigenvalue weighted by molar-refractivity contribution is 7.09. The average molecular weight is 497 g/mol. The maximum atomic E-state index is 13.4. The molecule has 1 unspecified atom stereocenters. The summed E-state index contributed by atoms with van der Waals surface area (Å²) in [6, 6.07) is 12.7. The lowest BCUT2D eigenvalue weighted by atomic mass is 10.0. The van der Waals surface area contributed by atoms with Crippen molar-refractivity contribution in [2.24, 2.45) is 0 Å². The van der Waals surface area contributed by atoms with Gasteiger partial charge in [-0.25, -0.2) is 0 Å². The van der Waals surface area contributed by atoms with Crippen LogP contribution in [0.25, 0.3) is 0 Å². The molecule has 0 bridgehead atoms. The van der Waals surface area contributed by atoms with Crippen molar-refractivity contribution >= 4 is 35.0 Å². The molecule has 4 rings (SSSR count). The molecule has 4 amide bonds. The third-order valence-corrected chi connectivity index (χ3v) is 7.43. The van der Waals surface area contributed by atoms with E-state index in [4.69, 9.17) is 0 Å². The van der Waals surface area contributed by atoms with Crippen LogP contribution in [0.1, 0.15) is 36.1 Å². The molecule has 0 radical (unpaired) electrons. The van der Waals surface area contributed by atoms with E-state index in [1.807, 2.05) is 52.7 Å². The minimum absolute atomic E-state index is 0.0140. The predicted octanol–water partition coefficient (Wildman–Crippen LogP) is 2.05. The van der Waals surface area contributed by atoms with Crippen molar-refractivity contribution in [1.82, 2.24) is 20.0 Å². The van der Waals surface area contributed by atoms with Crippen LogP contribution in [-0.2, 0) is 32.1 Å². The first-order chi connectivity index (χ1) is 17.0. The predicted molar refractivity (Wildman–Crippen MR) is 133 cm³/mol. The van der Waals surface area contributed by atoms with Gasteiger partial charge in [0.05, 0.1) is 6.42 Å². The van der Waals surface area contributed by atoms with Gasteiger partial charge in [-0.2, -0.15) is 0 Å². The Hall–Kier alpha value is -3.20. The lowest BCUT2D eigenvalue weighted by Crippen LogP contribution is -2.60. The highest BCUT2D eigenvalue weighted by Gasteiger charge is 2.40. The molecule has 35 heavy (non-hydrogen) atoms. The molecule has 1 aromatic carbocycles. The van der Waals surface area contributed by atoms with Crippen LogP contribution in [0.4, 0.5) is 0 Å². The molecule has 8 nitrogen and oxygen atoms in total. The topological polar surface area (TPSA) is 90.0 Å². The van der Waals surface area contributed by atoms with Crippen molar-refractivity contribution in [3.63, 3.8) is 0 Å². The summed E-state index contributed by atoms with van der Waals surface area (Å²) < 4.78 is 0. The van der Waals surface area contributed by atoms with Crippen molar-refractivity contribution in [3.8, 4) is 0 Å². The molecule has 3 heterocycles. The van der Waals surface area contributed by atoms with Crippen LogP contribution in [0, 0.1) is 0 Å². The number of nitrogens with zero attached hydrogens (tertiary/aromatic N) is 3. The maximum absolute atomic E-state index is 13.4. The number of likely N-dealkylation sites (tertiary alicyclic amines) is 1. The number of rotatable bonds is 11. The Morgan fingerprint density at radius 2 is 1.83 bits per heavy atom. The highest BCUT2D eigenvalue weighted by atomic mass is 32.1. The number of carbonyl (C=O) groups is 4. The fourth-order valence-electron chi connectivity index (χ4n) is 4.64. The Balaban J connectivity index is 1.37. The summed E-state index contributed by atoms with van der Waals surface area (Å²) in [6.07, 6.45) is 2.74. The molecular weight excluding hydrogens is 464 g/mol. The van der Waals surface area contributed by atoms with Crippen LogP contribution < -0.4 is 5.32 Å². The van der Waals surface area contributed by atoms with Crippen molar-refractivity contribution in [2.75, 3.05) is 32.7 Å². The van der Waals surface area contributed by atoms with Gasteiger partial charge in [-0.1, -0.05) is 36.4 Å². The van der Waals surface area contributed by atoms with Crippen molar-refractivity contribution < 1.29 is 19.2 Å². The van der Waals surface area contributed by atoms with Crippen molar-refractivity contribution in [3.05, 3.63) is 58.3 Å². The van der Waals surface area contributed by atoms with E-state index in [0.717, 1.165) is 23.4 Å². The molecule has 2 saturated heterocycles. The summed E-state index contributed by atoms with van der Waals surface area (Å²) in [7, 11) is 0. The second-order valence-corrected chi connectivity index (χ2v) is 10.0. The van der Waals surface area contributed by atoms with E-state index in [2.05, 4.69) is 5.32 Å². The number of hydrogen-bond donors (Lipinski definition) is 1. The fraction of sp³-hybridized carbons (Fsp3) is 0.462. The zero-order valence-electron chi connectivity index (χ0n) is 19.9. The number of amides is 4. The number of carbonyl (C=O) groups excluding carboxylic acids is 4.